The second-order valence-electron chi connectivity index (χ2n) is 5.76. The van der Waals surface area contributed by atoms with Gasteiger partial charge in [-0.05, 0) is 66.0 Å². The van der Waals surface area contributed by atoms with Crippen LogP contribution in [-0.2, 0) is 6.42 Å². The predicted octanol–water partition coefficient (Wildman–Crippen LogP) is 4.52. The van der Waals surface area contributed by atoms with Crippen molar-refractivity contribution in [1.82, 2.24) is 10.3 Å². The number of aromatic nitrogens is 1. The van der Waals surface area contributed by atoms with Crippen LogP contribution in [0.2, 0.25) is 0 Å². The van der Waals surface area contributed by atoms with E-state index in [1.165, 1.54) is 22.2 Å². The number of halogens is 1. The molecule has 2 N–H and O–H groups in total. The molecule has 0 spiro atoms. The predicted molar refractivity (Wildman–Crippen MR) is 98.0 cm³/mol. The van der Waals surface area contributed by atoms with Gasteiger partial charge in [0.05, 0.1) is 5.56 Å². The number of aryl methyl sites for hydroxylation is 2. The third-order valence-corrected chi connectivity index (χ3v) is 4.75. The Bertz CT molecular complexity index is 867. The van der Waals surface area contributed by atoms with Crippen LogP contribution in [0, 0.1) is 13.8 Å². The molecule has 3 aromatic rings. The van der Waals surface area contributed by atoms with Crippen molar-refractivity contribution in [3.8, 4) is 0 Å². The van der Waals surface area contributed by atoms with Gasteiger partial charge in [-0.3, -0.25) is 4.79 Å². The van der Waals surface area contributed by atoms with Crippen molar-refractivity contribution in [2.75, 3.05) is 6.54 Å². The highest BCUT2D eigenvalue weighted by atomic mass is 79.9. The molecule has 23 heavy (non-hydrogen) atoms. The lowest BCUT2D eigenvalue weighted by atomic mass is 10.1. The fraction of sp³-hybridized carbons (Fsp3) is 0.211. The molecule has 0 saturated heterocycles. The molecular formula is C19H19BrN2O. The Morgan fingerprint density at radius 2 is 1.96 bits per heavy atom. The molecule has 0 saturated carbocycles. The van der Waals surface area contributed by atoms with E-state index >= 15 is 0 Å². The lowest BCUT2D eigenvalue weighted by Gasteiger charge is -2.07. The van der Waals surface area contributed by atoms with Crippen molar-refractivity contribution in [1.29, 1.82) is 0 Å². The van der Waals surface area contributed by atoms with E-state index in [2.05, 4.69) is 58.3 Å². The molecule has 0 radical (unpaired) electrons. The molecule has 4 heteroatoms. The average molecular weight is 371 g/mol. The minimum absolute atomic E-state index is 0.0499. The number of hydrogen-bond acceptors (Lipinski definition) is 1. The van der Waals surface area contributed by atoms with Gasteiger partial charge in [-0.1, -0.05) is 23.8 Å². The summed E-state index contributed by atoms with van der Waals surface area (Å²) in [7, 11) is 0. The van der Waals surface area contributed by atoms with Crippen LogP contribution in [0.15, 0.2) is 46.9 Å². The molecule has 3 rings (SSSR count). The lowest BCUT2D eigenvalue weighted by molar-refractivity contribution is 0.0953. The average Bonchev–Trinajstić information content (AvgIpc) is 2.83. The van der Waals surface area contributed by atoms with E-state index in [9.17, 15) is 4.79 Å². The first-order chi connectivity index (χ1) is 11.1. The molecule has 1 aromatic heterocycles. The number of carbonyl (C=O) groups is 1. The van der Waals surface area contributed by atoms with Crippen molar-refractivity contribution >= 4 is 32.7 Å². The number of H-pyrrole nitrogens is 1. The number of nitrogens with one attached hydrogen (secondary N) is 2. The van der Waals surface area contributed by atoms with Crippen LogP contribution in [0.1, 0.15) is 27.2 Å². The van der Waals surface area contributed by atoms with Gasteiger partial charge in [0, 0.05) is 27.6 Å². The third kappa shape index (κ3) is 3.32. The molecule has 0 unspecified atom stereocenters. The van der Waals surface area contributed by atoms with Crippen LogP contribution < -0.4 is 5.32 Å². The van der Waals surface area contributed by atoms with E-state index in [-0.39, 0.29) is 5.91 Å². The topological polar surface area (TPSA) is 44.9 Å². The van der Waals surface area contributed by atoms with Crippen LogP contribution in [0.4, 0.5) is 0 Å². The zero-order valence-electron chi connectivity index (χ0n) is 13.2. The number of hydrogen-bond donors (Lipinski definition) is 2. The van der Waals surface area contributed by atoms with E-state index in [1.807, 2.05) is 24.3 Å². The fourth-order valence-corrected chi connectivity index (χ4v) is 3.32. The minimum Gasteiger partial charge on any atom is -0.358 e. The standard InChI is InChI=1S/C19H19BrN2O/c1-12-7-8-18-16(11-12)14(13(2)22-18)9-10-21-19(23)15-5-3-4-6-17(15)20/h3-8,11,22H,9-10H2,1-2H3,(H,21,23). The molecule has 0 aliphatic rings. The van der Waals surface area contributed by atoms with Gasteiger partial charge in [-0.15, -0.1) is 0 Å². The molecule has 0 aliphatic heterocycles. The van der Waals surface area contributed by atoms with Crippen molar-refractivity contribution < 1.29 is 4.79 Å². The minimum atomic E-state index is -0.0499. The first-order valence-electron chi connectivity index (χ1n) is 7.67. The van der Waals surface area contributed by atoms with Crippen LogP contribution in [0.3, 0.4) is 0 Å². The molecule has 0 bridgehead atoms. The van der Waals surface area contributed by atoms with Gasteiger partial charge in [0.25, 0.3) is 5.91 Å². The van der Waals surface area contributed by atoms with Gasteiger partial charge in [0.1, 0.15) is 0 Å². The summed E-state index contributed by atoms with van der Waals surface area (Å²) in [5, 5.41) is 4.25. The number of amides is 1. The second kappa shape index (κ2) is 6.59. The van der Waals surface area contributed by atoms with Gasteiger partial charge in [0.2, 0.25) is 0 Å². The quantitative estimate of drug-likeness (QED) is 0.696. The van der Waals surface area contributed by atoms with Gasteiger partial charge in [-0.25, -0.2) is 0 Å². The summed E-state index contributed by atoms with van der Waals surface area (Å²) in [5.74, 6) is -0.0499. The Balaban J connectivity index is 1.72. The van der Waals surface area contributed by atoms with Crippen LogP contribution >= 0.6 is 15.9 Å². The summed E-state index contributed by atoms with van der Waals surface area (Å²) in [5.41, 5.74) is 5.51. The molecule has 1 heterocycles. The first kappa shape index (κ1) is 15.8. The van der Waals surface area contributed by atoms with Gasteiger partial charge in [-0.2, -0.15) is 0 Å². The summed E-state index contributed by atoms with van der Waals surface area (Å²) < 4.78 is 0.816. The highest BCUT2D eigenvalue weighted by Crippen LogP contribution is 2.23. The highest BCUT2D eigenvalue weighted by Gasteiger charge is 2.11. The first-order valence-corrected chi connectivity index (χ1v) is 8.46. The van der Waals surface area contributed by atoms with Crippen molar-refractivity contribution in [3.05, 3.63) is 69.3 Å². The van der Waals surface area contributed by atoms with E-state index in [0.29, 0.717) is 12.1 Å². The zero-order chi connectivity index (χ0) is 16.4. The normalized spacial score (nSPS) is 10.9. The number of rotatable bonds is 4. The molecule has 0 atom stereocenters. The molecule has 1 amide bonds. The Hall–Kier alpha value is -2.07. The number of aromatic amines is 1. The Morgan fingerprint density at radius 1 is 1.17 bits per heavy atom. The summed E-state index contributed by atoms with van der Waals surface area (Å²) in [4.78, 5) is 15.7. The summed E-state index contributed by atoms with van der Waals surface area (Å²) >= 11 is 3.41. The summed E-state index contributed by atoms with van der Waals surface area (Å²) in [6, 6.07) is 13.9. The zero-order valence-corrected chi connectivity index (χ0v) is 14.8. The van der Waals surface area contributed by atoms with Crippen molar-refractivity contribution in [2.24, 2.45) is 0 Å². The Kier molecular flexibility index (Phi) is 4.53. The largest absolute Gasteiger partial charge is 0.358 e. The monoisotopic (exact) mass is 370 g/mol. The number of benzene rings is 2. The molecule has 118 valence electrons. The van der Waals surface area contributed by atoms with Crippen LogP contribution in [-0.4, -0.2) is 17.4 Å². The maximum atomic E-state index is 12.2. The molecular weight excluding hydrogens is 352 g/mol. The van der Waals surface area contributed by atoms with E-state index in [1.54, 1.807) is 0 Å². The van der Waals surface area contributed by atoms with Crippen molar-refractivity contribution in [3.63, 3.8) is 0 Å². The van der Waals surface area contributed by atoms with E-state index in [0.717, 1.165) is 16.4 Å². The summed E-state index contributed by atoms with van der Waals surface area (Å²) in [6.07, 6.45) is 0.811. The highest BCUT2D eigenvalue weighted by molar-refractivity contribution is 9.10. The van der Waals surface area contributed by atoms with Crippen molar-refractivity contribution in [2.45, 2.75) is 20.3 Å². The van der Waals surface area contributed by atoms with E-state index < -0.39 is 0 Å². The third-order valence-electron chi connectivity index (χ3n) is 4.05. The van der Waals surface area contributed by atoms with Crippen LogP contribution in [0.5, 0.6) is 0 Å². The van der Waals surface area contributed by atoms with Gasteiger partial charge in [0.15, 0.2) is 0 Å². The number of fused-ring (bicyclic) bond motifs is 1. The van der Waals surface area contributed by atoms with Gasteiger partial charge >= 0.3 is 0 Å². The Morgan fingerprint density at radius 3 is 2.74 bits per heavy atom. The molecule has 0 fully saturated rings. The van der Waals surface area contributed by atoms with Gasteiger partial charge < -0.3 is 10.3 Å². The Labute approximate surface area is 144 Å². The summed E-state index contributed by atoms with van der Waals surface area (Å²) in [6.45, 7) is 4.79. The van der Waals surface area contributed by atoms with Crippen LogP contribution in [0.25, 0.3) is 10.9 Å². The molecule has 3 nitrogen and oxygen atoms in total. The van der Waals surface area contributed by atoms with E-state index in [4.69, 9.17) is 0 Å². The number of carbonyl (C=O) groups excluding carboxylic acids is 1. The molecule has 2 aromatic carbocycles. The second-order valence-corrected chi connectivity index (χ2v) is 6.62. The SMILES string of the molecule is Cc1ccc2[nH]c(C)c(CCNC(=O)c3ccccc3Br)c2c1. The molecule has 0 aliphatic carbocycles. The maximum Gasteiger partial charge on any atom is 0.252 e. The lowest BCUT2D eigenvalue weighted by Crippen LogP contribution is -2.26. The smallest absolute Gasteiger partial charge is 0.252 e. The fourth-order valence-electron chi connectivity index (χ4n) is 2.86. The maximum absolute atomic E-state index is 12.2.